The zero-order valence-electron chi connectivity index (χ0n) is 24.6. The Morgan fingerprint density at radius 3 is 2.22 bits per heavy atom. The van der Waals surface area contributed by atoms with E-state index in [1.54, 1.807) is 48.8 Å². The van der Waals surface area contributed by atoms with Crippen molar-refractivity contribution in [2.75, 3.05) is 6.54 Å². The molecule has 0 aliphatic rings. The number of nitrogens with zero attached hydrogens (tertiary/aromatic N) is 3. The Morgan fingerprint density at radius 1 is 0.933 bits per heavy atom. The summed E-state index contributed by atoms with van der Waals surface area (Å²) < 4.78 is 0. The van der Waals surface area contributed by atoms with Crippen LogP contribution in [0.5, 0.6) is 0 Å². The molecule has 9 heteroatoms. The van der Waals surface area contributed by atoms with Crippen molar-refractivity contribution in [1.29, 1.82) is 0 Å². The summed E-state index contributed by atoms with van der Waals surface area (Å²) in [5.74, 6) is 9.82. The molecule has 0 spiro atoms. The Kier molecular flexibility index (Phi) is 9.58. The van der Waals surface area contributed by atoms with Gasteiger partial charge in [0.2, 0.25) is 0 Å². The fraction of sp³-hybridized carbons (Fsp3) is 0.139. The molecule has 224 valence electrons. The summed E-state index contributed by atoms with van der Waals surface area (Å²) >= 11 is 0. The van der Waals surface area contributed by atoms with Crippen LogP contribution in [0, 0.1) is 11.8 Å². The number of amides is 2. The minimum atomic E-state index is -1.04. The van der Waals surface area contributed by atoms with Crippen molar-refractivity contribution >= 4 is 28.7 Å². The summed E-state index contributed by atoms with van der Waals surface area (Å²) in [6.45, 7) is 2.24. The summed E-state index contributed by atoms with van der Waals surface area (Å²) in [7, 11) is 0. The average Bonchev–Trinajstić information content (AvgIpc) is 3.08. The third-order valence-electron chi connectivity index (χ3n) is 7.31. The fourth-order valence-corrected chi connectivity index (χ4v) is 5.02. The molecule has 0 radical (unpaired) electrons. The van der Waals surface area contributed by atoms with Gasteiger partial charge in [0, 0.05) is 53.0 Å². The first-order valence-corrected chi connectivity index (χ1v) is 14.4. The van der Waals surface area contributed by atoms with Crippen molar-refractivity contribution < 1.29 is 19.5 Å². The molecule has 2 aromatic heterocycles. The van der Waals surface area contributed by atoms with Crippen LogP contribution in [0.2, 0.25) is 0 Å². The minimum absolute atomic E-state index is 0.225. The molecule has 5 aromatic rings. The van der Waals surface area contributed by atoms with Gasteiger partial charge in [-0.25, -0.2) is 15.6 Å². The zero-order valence-corrected chi connectivity index (χ0v) is 24.6. The van der Waals surface area contributed by atoms with E-state index in [1.165, 1.54) is 4.90 Å². The van der Waals surface area contributed by atoms with Gasteiger partial charge in [-0.05, 0) is 60.5 Å². The van der Waals surface area contributed by atoms with Crippen LogP contribution in [0.4, 0.5) is 0 Å². The quantitative estimate of drug-likeness (QED) is 0.0956. The lowest BCUT2D eigenvalue weighted by Gasteiger charge is -2.29. The molecule has 9 nitrogen and oxygen atoms in total. The Morgan fingerprint density at radius 2 is 1.60 bits per heavy atom. The molecule has 0 aliphatic carbocycles. The maximum absolute atomic E-state index is 13.4. The highest BCUT2D eigenvalue weighted by Crippen LogP contribution is 2.25. The van der Waals surface area contributed by atoms with Gasteiger partial charge in [-0.2, -0.15) is 0 Å². The number of carbonyl (C=O) groups excluding carboxylic acids is 2. The van der Waals surface area contributed by atoms with Gasteiger partial charge in [0.05, 0.1) is 16.8 Å². The van der Waals surface area contributed by atoms with Crippen LogP contribution >= 0.6 is 0 Å². The third kappa shape index (κ3) is 7.21. The molecule has 0 saturated carbocycles. The molecule has 2 heterocycles. The number of rotatable bonds is 9. The number of hydrazine groups is 1. The second kappa shape index (κ2) is 14.1. The van der Waals surface area contributed by atoms with Gasteiger partial charge < -0.3 is 10.0 Å². The number of benzene rings is 3. The largest absolute Gasteiger partial charge is 0.480 e. The molecule has 0 saturated heterocycles. The van der Waals surface area contributed by atoms with Crippen molar-refractivity contribution in [1.82, 2.24) is 20.3 Å². The number of nitrogens with two attached hydrogens (primary N) is 1. The SMILES string of the molecule is CCCN(C(=O)c1ccc(C#Cc2ccc(-c3cc(C(=O)NN)c4cnccc4n3)cc2)cc1)C(Cc1ccccc1)C(=O)O. The standard InChI is InChI=1S/C36H31N5O4/c1-2-20-41(33(36(44)45)21-26-6-4-3-5-7-26)35(43)28-16-12-25(13-17-28)9-8-24-10-14-27(15-11-24)32-22-29(34(42)40-37)30-23-38-19-18-31(30)39-32/h3-7,10-19,22-23,33H,2,20-21,37H2,1H3,(H,40,42)(H,44,45). The normalized spacial score (nSPS) is 11.2. The molecule has 3 aromatic carbocycles. The lowest BCUT2D eigenvalue weighted by atomic mass is 10.0. The maximum atomic E-state index is 13.4. The van der Waals surface area contributed by atoms with Crippen molar-refractivity contribution in [3.63, 3.8) is 0 Å². The second-order valence-electron chi connectivity index (χ2n) is 10.4. The van der Waals surface area contributed by atoms with Gasteiger partial charge >= 0.3 is 5.97 Å². The highest BCUT2D eigenvalue weighted by atomic mass is 16.4. The predicted molar refractivity (Wildman–Crippen MR) is 172 cm³/mol. The van der Waals surface area contributed by atoms with E-state index in [0.717, 1.165) is 16.7 Å². The van der Waals surface area contributed by atoms with Crippen molar-refractivity contribution in [2.45, 2.75) is 25.8 Å². The molecule has 0 fully saturated rings. The van der Waals surface area contributed by atoms with Crippen LogP contribution < -0.4 is 11.3 Å². The molecular formula is C36H31N5O4. The summed E-state index contributed by atoms with van der Waals surface area (Å²) in [4.78, 5) is 48.2. The van der Waals surface area contributed by atoms with E-state index < -0.39 is 17.9 Å². The van der Waals surface area contributed by atoms with Crippen molar-refractivity contribution in [3.05, 3.63) is 131 Å². The van der Waals surface area contributed by atoms with E-state index >= 15 is 0 Å². The first-order valence-electron chi connectivity index (χ1n) is 14.4. The second-order valence-corrected chi connectivity index (χ2v) is 10.4. The number of hydrogen-bond acceptors (Lipinski definition) is 6. The molecule has 5 rings (SSSR count). The van der Waals surface area contributed by atoms with Crippen LogP contribution in [0.1, 0.15) is 50.8 Å². The number of nitrogens with one attached hydrogen (secondary N) is 1. The highest BCUT2D eigenvalue weighted by molar-refractivity contribution is 6.06. The van der Waals surface area contributed by atoms with Crippen molar-refractivity contribution in [3.8, 4) is 23.1 Å². The number of carboxylic acid groups (broad SMARTS) is 1. The number of hydrogen-bond donors (Lipinski definition) is 3. The smallest absolute Gasteiger partial charge is 0.326 e. The lowest BCUT2D eigenvalue weighted by molar-refractivity contribution is -0.142. The molecule has 2 amide bonds. The van der Waals surface area contributed by atoms with E-state index in [2.05, 4.69) is 27.2 Å². The van der Waals surface area contributed by atoms with Crippen LogP contribution in [-0.2, 0) is 11.2 Å². The Bertz CT molecular complexity index is 1900. The number of nitrogen functional groups attached to an aromatic ring is 1. The van der Waals surface area contributed by atoms with Gasteiger partial charge in [0.1, 0.15) is 6.04 Å². The summed E-state index contributed by atoms with van der Waals surface area (Å²) in [6.07, 6.45) is 4.05. The van der Waals surface area contributed by atoms with E-state index in [1.807, 2.05) is 61.5 Å². The Balaban J connectivity index is 1.32. The number of pyridine rings is 2. The fourth-order valence-electron chi connectivity index (χ4n) is 5.02. The molecule has 4 N–H and O–H groups in total. The number of carbonyl (C=O) groups is 3. The molecule has 0 bridgehead atoms. The number of aromatic nitrogens is 2. The predicted octanol–water partition coefficient (Wildman–Crippen LogP) is 4.85. The summed E-state index contributed by atoms with van der Waals surface area (Å²) in [6, 6.07) is 26.1. The topological polar surface area (TPSA) is 139 Å². The van der Waals surface area contributed by atoms with Gasteiger partial charge in [-0.1, -0.05) is 61.2 Å². The monoisotopic (exact) mass is 597 g/mol. The maximum Gasteiger partial charge on any atom is 0.326 e. The summed E-state index contributed by atoms with van der Waals surface area (Å²) in [5.41, 5.74) is 7.32. The number of carboxylic acids is 1. The molecule has 0 aliphatic heterocycles. The zero-order chi connectivity index (χ0) is 31.8. The molecular weight excluding hydrogens is 566 g/mol. The number of aliphatic carboxylic acids is 1. The van der Waals surface area contributed by atoms with Crippen molar-refractivity contribution in [2.24, 2.45) is 5.84 Å². The van der Waals surface area contributed by atoms with E-state index in [0.29, 0.717) is 46.3 Å². The summed E-state index contributed by atoms with van der Waals surface area (Å²) in [5, 5.41) is 10.6. The van der Waals surface area contributed by atoms with Gasteiger partial charge in [-0.3, -0.25) is 20.0 Å². The van der Waals surface area contributed by atoms with Gasteiger partial charge in [0.15, 0.2) is 0 Å². The average molecular weight is 598 g/mol. The highest BCUT2D eigenvalue weighted by Gasteiger charge is 2.30. The van der Waals surface area contributed by atoms with Gasteiger partial charge in [0.25, 0.3) is 11.8 Å². The van der Waals surface area contributed by atoms with Gasteiger partial charge in [-0.15, -0.1) is 0 Å². The first-order chi connectivity index (χ1) is 21.9. The molecule has 1 atom stereocenters. The van der Waals surface area contributed by atoms with Crippen LogP contribution in [0.3, 0.4) is 0 Å². The lowest BCUT2D eigenvalue weighted by Crippen LogP contribution is -2.46. The Hall–Kier alpha value is -5.85. The number of fused-ring (bicyclic) bond motifs is 1. The minimum Gasteiger partial charge on any atom is -0.480 e. The van der Waals surface area contributed by atoms with Crippen LogP contribution in [-0.4, -0.2) is 50.3 Å². The molecule has 45 heavy (non-hydrogen) atoms. The van der Waals surface area contributed by atoms with E-state index in [9.17, 15) is 19.5 Å². The Labute approximate surface area is 260 Å². The third-order valence-corrected chi connectivity index (χ3v) is 7.31. The molecule has 1 unspecified atom stereocenters. The van der Waals surface area contributed by atoms with Crippen LogP contribution in [0.15, 0.2) is 103 Å². The van der Waals surface area contributed by atoms with E-state index in [4.69, 9.17) is 5.84 Å². The van der Waals surface area contributed by atoms with Crippen LogP contribution in [0.25, 0.3) is 22.2 Å². The van der Waals surface area contributed by atoms with E-state index in [-0.39, 0.29) is 12.3 Å². The first kappa shape index (κ1) is 30.6.